The van der Waals surface area contributed by atoms with Crippen molar-refractivity contribution in [2.45, 2.75) is 19.4 Å². The first-order valence-electron chi connectivity index (χ1n) is 8.78. The molecule has 0 spiro atoms. The number of benzene rings is 1. The van der Waals surface area contributed by atoms with Gasteiger partial charge in [-0.1, -0.05) is 18.2 Å². The molecule has 4 rings (SSSR count). The minimum absolute atomic E-state index is 0.0388. The molecule has 0 radical (unpaired) electrons. The zero-order chi connectivity index (χ0) is 17.9. The van der Waals surface area contributed by atoms with Crippen LogP contribution in [0.15, 0.2) is 41.8 Å². The molecule has 1 amide bonds. The van der Waals surface area contributed by atoms with Crippen molar-refractivity contribution in [3.05, 3.63) is 46.7 Å². The number of thiophene rings is 1. The summed E-state index contributed by atoms with van der Waals surface area (Å²) in [6.07, 6.45) is 1.51. The highest BCUT2D eigenvalue weighted by molar-refractivity contribution is 7.09. The first kappa shape index (κ1) is 16.8. The average Bonchev–Trinajstić information content (AvgIpc) is 3.19. The van der Waals surface area contributed by atoms with E-state index >= 15 is 0 Å². The fourth-order valence-electron chi connectivity index (χ4n) is 3.29. The molecule has 0 aliphatic carbocycles. The molecular weight excluding hydrogens is 346 g/mol. The fraction of sp³-hybridized carbons (Fsp3) is 0.316. The predicted molar refractivity (Wildman–Crippen MR) is 105 cm³/mol. The summed E-state index contributed by atoms with van der Waals surface area (Å²) in [6, 6.07) is 12.2. The summed E-state index contributed by atoms with van der Waals surface area (Å²) in [5, 5.41) is 6.54. The first-order chi connectivity index (χ1) is 12.7. The SMILES string of the molecule is NC(=O)C1CCN(c2nc(NCc3cccs3)c3ccccc3n2)CC1. The molecule has 1 aliphatic rings. The quantitative estimate of drug-likeness (QED) is 0.724. The van der Waals surface area contributed by atoms with Crippen LogP contribution in [0.2, 0.25) is 0 Å². The van der Waals surface area contributed by atoms with Gasteiger partial charge in [0.2, 0.25) is 11.9 Å². The number of fused-ring (bicyclic) bond motifs is 1. The second-order valence-electron chi connectivity index (χ2n) is 6.49. The van der Waals surface area contributed by atoms with E-state index in [-0.39, 0.29) is 11.8 Å². The Labute approximate surface area is 156 Å². The van der Waals surface area contributed by atoms with Crippen LogP contribution in [0.4, 0.5) is 11.8 Å². The Morgan fingerprint density at radius 2 is 2.00 bits per heavy atom. The van der Waals surface area contributed by atoms with Gasteiger partial charge < -0.3 is 16.0 Å². The minimum Gasteiger partial charge on any atom is -0.369 e. The molecule has 1 saturated heterocycles. The number of rotatable bonds is 5. The van der Waals surface area contributed by atoms with Crippen molar-refractivity contribution in [2.24, 2.45) is 11.7 Å². The highest BCUT2D eigenvalue weighted by Gasteiger charge is 2.25. The van der Waals surface area contributed by atoms with Crippen LogP contribution in [-0.4, -0.2) is 29.0 Å². The zero-order valence-corrected chi connectivity index (χ0v) is 15.2. The van der Waals surface area contributed by atoms with E-state index in [1.165, 1.54) is 4.88 Å². The molecule has 0 unspecified atom stereocenters. The van der Waals surface area contributed by atoms with Crippen molar-refractivity contribution in [3.63, 3.8) is 0 Å². The molecule has 1 aromatic carbocycles. The lowest BCUT2D eigenvalue weighted by atomic mass is 9.96. The van der Waals surface area contributed by atoms with E-state index in [1.807, 2.05) is 30.3 Å². The Kier molecular flexibility index (Phi) is 4.71. The Hall–Kier alpha value is -2.67. The van der Waals surface area contributed by atoms with E-state index in [0.29, 0.717) is 5.95 Å². The van der Waals surface area contributed by atoms with E-state index < -0.39 is 0 Å². The monoisotopic (exact) mass is 367 g/mol. The minimum atomic E-state index is -0.206. The molecular formula is C19H21N5OS. The number of carbonyl (C=O) groups excluding carboxylic acids is 1. The van der Waals surface area contributed by atoms with Crippen LogP contribution in [0.3, 0.4) is 0 Å². The van der Waals surface area contributed by atoms with Crippen LogP contribution in [0.25, 0.3) is 10.9 Å². The van der Waals surface area contributed by atoms with Crippen molar-refractivity contribution in [1.82, 2.24) is 9.97 Å². The number of nitrogens with two attached hydrogens (primary N) is 1. The summed E-state index contributed by atoms with van der Waals surface area (Å²) < 4.78 is 0. The number of primary amides is 1. The lowest BCUT2D eigenvalue weighted by Gasteiger charge is -2.30. The van der Waals surface area contributed by atoms with Gasteiger partial charge in [-0.15, -0.1) is 11.3 Å². The van der Waals surface area contributed by atoms with Crippen molar-refractivity contribution in [1.29, 1.82) is 0 Å². The number of anilines is 2. The Balaban J connectivity index is 1.60. The van der Waals surface area contributed by atoms with Gasteiger partial charge in [0.25, 0.3) is 0 Å². The number of hydrogen-bond donors (Lipinski definition) is 2. The van der Waals surface area contributed by atoms with Crippen LogP contribution >= 0.6 is 11.3 Å². The molecule has 3 heterocycles. The van der Waals surface area contributed by atoms with Gasteiger partial charge in [-0.05, 0) is 36.4 Å². The van der Waals surface area contributed by atoms with Crippen molar-refractivity contribution in [3.8, 4) is 0 Å². The molecule has 134 valence electrons. The summed E-state index contributed by atoms with van der Waals surface area (Å²) in [6.45, 7) is 2.23. The van der Waals surface area contributed by atoms with Gasteiger partial charge in [0.15, 0.2) is 0 Å². The van der Waals surface area contributed by atoms with Gasteiger partial charge in [0.1, 0.15) is 5.82 Å². The Bertz CT molecular complexity index is 903. The second-order valence-corrected chi connectivity index (χ2v) is 7.52. The van der Waals surface area contributed by atoms with E-state index in [1.54, 1.807) is 11.3 Å². The number of aromatic nitrogens is 2. The second kappa shape index (κ2) is 7.29. The maximum absolute atomic E-state index is 11.4. The predicted octanol–water partition coefficient (Wildman–Crippen LogP) is 3.01. The lowest BCUT2D eigenvalue weighted by molar-refractivity contribution is -0.122. The maximum atomic E-state index is 11.4. The molecule has 2 aromatic heterocycles. The summed E-state index contributed by atoms with van der Waals surface area (Å²) in [5.41, 5.74) is 6.36. The van der Waals surface area contributed by atoms with Gasteiger partial charge in [0, 0.05) is 29.3 Å². The number of carbonyl (C=O) groups is 1. The molecule has 3 aromatic rings. The third-order valence-corrected chi connectivity index (χ3v) is 5.66. The molecule has 7 heteroatoms. The standard InChI is InChI=1S/C19H21N5OS/c20-17(25)13-7-9-24(10-8-13)19-22-16-6-2-1-5-15(16)18(23-19)21-12-14-4-3-11-26-14/h1-6,11,13H,7-10,12H2,(H2,20,25)(H,21,22,23). The number of piperidine rings is 1. The lowest BCUT2D eigenvalue weighted by Crippen LogP contribution is -2.39. The molecule has 3 N–H and O–H groups in total. The Morgan fingerprint density at radius 3 is 2.73 bits per heavy atom. The van der Waals surface area contributed by atoms with Crippen molar-refractivity contribution >= 4 is 39.9 Å². The van der Waals surface area contributed by atoms with Crippen LogP contribution in [-0.2, 0) is 11.3 Å². The van der Waals surface area contributed by atoms with E-state index in [4.69, 9.17) is 15.7 Å². The van der Waals surface area contributed by atoms with Gasteiger partial charge in [-0.2, -0.15) is 4.98 Å². The molecule has 1 aliphatic heterocycles. The molecule has 0 saturated carbocycles. The third kappa shape index (κ3) is 3.48. The Morgan fingerprint density at radius 1 is 1.19 bits per heavy atom. The smallest absolute Gasteiger partial charge is 0.227 e. The zero-order valence-electron chi connectivity index (χ0n) is 14.4. The summed E-state index contributed by atoms with van der Waals surface area (Å²) in [4.78, 5) is 24.3. The largest absolute Gasteiger partial charge is 0.369 e. The van der Waals surface area contributed by atoms with Crippen LogP contribution in [0, 0.1) is 5.92 Å². The molecule has 0 atom stereocenters. The van der Waals surface area contributed by atoms with Gasteiger partial charge in [-0.3, -0.25) is 4.79 Å². The molecule has 26 heavy (non-hydrogen) atoms. The maximum Gasteiger partial charge on any atom is 0.227 e. The summed E-state index contributed by atoms with van der Waals surface area (Å²) in [5.74, 6) is 1.31. The van der Waals surface area contributed by atoms with Crippen molar-refractivity contribution in [2.75, 3.05) is 23.3 Å². The number of amides is 1. The fourth-order valence-corrected chi connectivity index (χ4v) is 3.93. The summed E-state index contributed by atoms with van der Waals surface area (Å²) >= 11 is 1.72. The van der Waals surface area contributed by atoms with E-state index in [0.717, 1.165) is 49.2 Å². The number of hydrogen-bond acceptors (Lipinski definition) is 6. The number of para-hydroxylation sites is 1. The van der Waals surface area contributed by atoms with Crippen LogP contribution < -0.4 is 16.0 Å². The summed E-state index contributed by atoms with van der Waals surface area (Å²) in [7, 11) is 0. The molecule has 0 bridgehead atoms. The first-order valence-corrected chi connectivity index (χ1v) is 9.66. The van der Waals surface area contributed by atoms with Crippen LogP contribution in [0.1, 0.15) is 17.7 Å². The molecule has 1 fully saturated rings. The van der Waals surface area contributed by atoms with E-state index in [9.17, 15) is 4.79 Å². The average molecular weight is 367 g/mol. The van der Waals surface area contributed by atoms with E-state index in [2.05, 4.69) is 21.7 Å². The van der Waals surface area contributed by atoms with Gasteiger partial charge in [0.05, 0.1) is 12.1 Å². The van der Waals surface area contributed by atoms with Crippen LogP contribution in [0.5, 0.6) is 0 Å². The topological polar surface area (TPSA) is 84.1 Å². The highest BCUT2D eigenvalue weighted by atomic mass is 32.1. The normalized spacial score (nSPS) is 15.3. The van der Waals surface area contributed by atoms with Crippen molar-refractivity contribution < 1.29 is 4.79 Å². The number of nitrogens with one attached hydrogen (secondary N) is 1. The number of nitrogens with zero attached hydrogens (tertiary/aromatic N) is 3. The van der Waals surface area contributed by atoms with Gasteiger partial charge in [-0.25, -0.2) is 4.98 Å². The third-order valence-electron chi connectivity index (χ3n) is 4.78. The van der Waals surface area contributed by atoms with Gasteiger partial charge >= 0.3 is 0 Å². The molecule has 6 nitrogen and oxygen atoms in total. The highest BCUT2D eigenvalue weighted by Crippen LogP contribution is 2.27.